The van der Waals surface area contributed by atoms with Crippen molar-refractivity contribution in [2.45, 2.75) is 124 Å². The van der Waals surface area contributed by atoms with E-state index >= 15 is 0 Å². The van der Waals surface area contributed by atoms with Gasteiger partial charge in [0.1, 0.15) is 12.4 Å². The maximum Gasteiger partial charge on any atom is 0.123 e. The maximum absolute atomic E-state index is 11.8. The van der Waals surface area contributed by atoms with Gasteiger partial charge >= 0.3 is 0 Å². The smallest absolute Gasteiger partial charge is 0.123 e. The van der Waals surface area contributed by atoms with Crippen LogP contribution in [0.4, 0.5) is 0 Å². The number of hydrogen-bond donors (Lipinski definition) is 1. The molecule has 2 aromatic rings. The highest BCUT2D eigenvalue weighted by molar-refractivity contribution is 5.38. The topological polar surface area (TPSA) is 29.5 Å². The molecule has 4 aliphatic rings. The van der Waals surface area contributed by atoms with E-state index in [2.05, 4.69) is 89.2 Å². The fourth-order valence-corrected chi connectivity index (χ4v) is 11.3. The van der Waals surface area contributed by atoms with E-state index in [-0.39, 0.29) is 17.4 Å². The number of ether oxygens (including phenoxy) is 1. The van der Waals surface area contributed by atoms with E-state index in [0.29, 0.717) is 17.9 Å². The normalized spacial score (nSPS) is 38.4. The molecule has 0 aliphatic heterocycles. The molecule has 4 fully saturated rings. The first-order valence-electron chi connectivity index (χ1n) is 17.6. The van der Waals surface area contributed by atoms with Crippen molar-refractivity contribution in [3.63, 3.8) is 0 Å². The van der Waals surface area contributed by atoms with Crippen molar-refractivity contribution in [2.75, 3.05) is 0 Å². The largest absolute Gasteiger partial charge is 0.489 e. The lowest BCUT2D eigenvalue weighted by atomic mass is 9.43. The summed E-state index contributed by atoms with van der Waals surface area (Å²) in [6.45, 7) is 13.2. The number of hydrogen-bond acceptors (Lipinski definition) is 2. The molecule has 10 atom stereocenters. The Morgan fingerprint density at radius 1 is 0.833 bits per heavy atom. The molecule has 6 rings (SSSR count). The molecule has 2 heteroatoms. The van der Waals surface area contributed by atoms with Crippen LogP contribution >= 0.6 is 0 Å². The summed E-state index contributed by atoms with van der Waals surface area (Å²) in [5, 5.41) is 11.8. The highest BCUT2D eigenvalue weighted by Gasteiger charge is 2.61. The highest BCUT2D eigenvalue weighted by Crippen LogP contribution is 2.69. The molecule has 0 saturated heterocycles. The molecule has 2 aromatic carbocycles. The van der Waals surface area contributed by atoms with Crippen molar-refractivity contribution in [3.05, 3.63) is 65.7 Å². The van der Waals surface area contributed by atoms with Crippen LogP contribution in [-0.4, -0.2) is 11.2 Å². The lowest BCUT2D eigenvalue weighted by Crippen LogP contribution is -2.55. The van der Waals surface area contributed by atoms with Gasteiger partial charge in [-0.25, -0.2) is 0 Å². The minimum atomic E-state index is -0.294. The van der Waals surface area contributed by atoms with Crippen molar-refractivity contribution in [3.8, 4) is 5.75 Å². The van der Waals surface area contributed by atoms with Gasteiger partial charge in [-0.05, 0) is 121 Å². The van der Waals surface area contributed by atoms with Gasteiger partial charge < -0.3 is 9.84 Å². The molecule has 4 aliphatic carbocycles. The Kier molecular flexibility index (Phi) is 8.85. The Balaban J connectivity index is 1.15. The molecule has 0 bridgehead atoms. The second-order valence-electron chi connectivity index (χ2n) is 16.1. The summed E-state index contributed by atoms with van der Waals surface area (Å²) < 4.78 is 6.38. The Labute approximate surface area is 257 Å². The molecule has 0 unspecified atom stereocenters. The van der Waals surface area contributed by atoms with Crippen LogP contribution in [0.2, 0.25) is 0 Å². The van der Waals surface area contributed by atoms with Gasteiger partial charge in [-0.2, -0.15) is 0 Å². The van der Waals surface area contributed by atoms with Crippen molar-refractivity contribution in [1.29, 1.82) is 0 Å². The summed E-state index contributed by atoms with van der Waals surface area (Å²) in [5.74, 6) is 6.97. The van der Waals surface area contributed by atoms with E-state index in [0.717, 1.165) is 54.1 Å². The molecule has 42 heavy (non-hydrogen) atoms. The van der Waals surface area contributed by atoms with E-state index < -0.39 is 0 Å². The molecule has 0 spiro atoms. The summed E-state index contributed by atoms with van der Waals surface area (Å²) in [6, 6.07) is 19.0. The summed E-state index contributed by atoms with van der Waals surface area (Å²) >= 11 is 0. The van der Waals surface area contributed by atoms with Gasteiger partial charge in [0.2, 0.25) is 0 Å². The molecule has 0 aromatic heterocycles. The molecule has 1 N–H and O–H groups in total. The molecule has 230 valence electrons. The van der Waals surface area contributed by atoms with Gasteiger partial charge in [0, 0.05) is 5.92 Å². The average Bonchev–Trinajstić information content (AvgIpc) is 3.33. The predicted octanol–water partition coefficient (Wildman–Crippen LogP) is 10.4. The first-order chi connectivity index (χ1) is 20.2. The molecule has 2 nitrogen and oxygen atoms in total. The third kappa shape index (κ3) is 5.60. The van der Waals surface area contributed by atoms with Crippen LogP contribution in [-0.2, 0) is 6.61 Å². The fraction of sp³-hybridized carbons (Fsp3) is 0.700. The van der Waals surface area contributed by atoms with Crippen LogP contribution in [0.1, 0.15) is 122 Å². The van der Waals surface area contributed by atoms with Crippen LogP contribution in [0.15, 0.2) is 54.6 Å². The van der Waals surface area contributed by atoms with Crippen LogP contribution < -0.4 is 4.74 Å². The number of rotatable bonds is 9. The van der Waals surface area contributed by atoms with Gasteiger partial charge in [-0.15, -0.1) is 0 Å². The zero-order valence-electron chi connectivity index (χ0n) is 27.2. The van der Waals surface area contributed by atoms with E-state index in [9.17, 15) is 5.11 Å². The number of para-hydroxylation sites is 1. The van der Waals surface area contributed by atoms with Crippen molar-refractivity contribution >= 4 is 0 Å². The van der Waals surface area contributed by atoms with Gasteiger partial charge in [0.15, 0.2) is 0 Å². The molecule has 4 saturated carbocycles. The highest BCUT2D eigenvalue weighted by atomic mass is 16.5. The average molecular weight is 571 g/mol. The van der Waals surface area contributed by atoms with Crippen molar-refractivity contribution in [2.24, 2.45) is 52.3 Å². The third-order valence-corrected chi connectivity index (χ3v) is 13.5. The van der Waals surface area contributed by atoms with Crippen LogP contribution in [0, 0.1) is 52.3 Å². The predicted molar refractivity (Wildman–Crippen MR) is 174 cm³/mol. The monoisotopic (exact) mass is 570 g/mol. The lowest BCUT2D eigenvalue weighted by Gasteiger charge is -2.62. The zero-order valence-corrected chi connectivity index (χ0v) is 27.2. The van der Waals surface area contributed by atoms with Gasteiger partial charge in [0.05, 0.1) is 6.10 Å². The first kappa shape index (κ1) is 30.2. The third-order valence-electron chi connectivity index (χ3n) is 13.5. The second-order valence-corrected chi connectivity index (χ2v) is 16.1. The Morgan fingerprint density at radius 2 is 1.57 bits per heavy atom. The SMILES string of the molecule is CC(C)CCC[C@@H](C)[C@H]1CC[C@H]2[C@@H]3CC[C@H]4C[C@@H](c5ccccc5OCc5ccccc5)[C@@H](O)C[C@]4(C)[C@H]3CC[C@]12C. The standard InChI is InChI=1S/C40H58O2/c1-27(2)12-11-13-28(3)34-20-21-35-32-19-18-30-24-33(37(41)25-40(30,5)36(32)22-23-39(34,35)4)31-16-9-10-17-38(31)42-26-29-14-7-6-8-15-29/h6-10,14-17,27-28,30,32-37,41H,11-13,18-26H2,1-5H3/t28-,30+,32+,33+,34-,35+,36+,37+,39-,40+/m1/s1. The first-order valence-corrected chi connectivity index (χ1v) is 17.6. The molecule has 0 radical (unpaired) electrons. The Bertz CT molecular complexity index is 1170. The maximum atomic E-state index is 11.8. The number of aliphatic hydroxyl groups is 1. The minimum Gasteiger partial charge on any atom is -0.489 e. The Morgan fingerprint density at radius 3 is 2.36 bits per heavy atom. The van der Waals surface area contributed by atoms with Crippen LogP contribution in [0.25, 0.3) is 0 Å². The summed E-state index contributed by atoms with van der Waals surface area (Å²) in [6.07, 6.45) is 14.4. The van der Waals surface area contributed by atoms with Crippen LogP contribution in [0.3, 0.4) is 0 Å². The number of aliphatic hydroxyl groups excluding tert-OH is 1. The second kappa shape index (κ2) is 12.3. The minimum absolute atomic E-state index is 0.169. The van der Waals surface area contributed by atoms with E-state index in [1.165, 1.54) is 68.9 Å². The lowest BCUT2D eigenvalue weighted by molar-refractivity contribution is -0.138. The molecule has 0 amide bonds. The van der Waals surface area contributed by atoms with E-state index in [1.807, 2.05) is 0 Å². The molecular formula is C40H58O2. The van der Waals surface area contributed by atoms with Crippen LogP contribution in [0.5, 0.6) is 5.75 Å². The number of fused-ring (bicyclic) bond motifs is 5. The van der Waals surface area contributed by atoms with E-state index in [4.69, 9.17) is 4.74 Å². The van der Waals surface area contributed by atoms with Crippen molar-refractivity contribution in [1.82, 2.24) is 0 Å². The zero-order chi connectivity index (χ0) is 29.5. The number of benzene rings is 2. The fourth-order valence-electron chi connectivity index (χ4n) is 11.3. The molecular weight excluding hydrogens is 512 g/mol. The summed E-state index contributed by atoms with van der Waals surface area (Å²) in [4.78, 5) is 0. The van der Waals surface area contributed by atoms with Gasteiger partial charge in [-0.3, -0.25) is 0 Å². The Hall–Kier alpha value is -1.80. The van der Waals surface area contributed by atoms with Gasteiger partial charge in [-0.1, -0.05) is 102 Å². The quantitative estimate of drug-likeness (QED) is 0.325. The summed E-state index contributed by atoms with van der Waals surface area (Å²) in [7, 11) is 0. The van der Waals surface area contributed by atoms with E-state index in [1.54, 1.807) is 0 Å². The van der Waals surface area contributed by atoms with Crippen molar-refractivity contribution < 1.29 is 9.84 Å². The molecule has 0 heterocycles. The van der Waals surface area contributed by atoms with Gasteiger partial charge in [0.25, 0.3) is 0 Å². The summed E-state index contributed by atoms with van der Waals surface area (Å²) in [5.41, 5.74) is 3.20.